The molecule has 2 aliphatic heterocycles. The highest BCUT2D eigenvalue weighted by Crippen LogP contribution is 2.28. The van der Waals surface area contributed by atoms with E-state index < -0.39 is 12.5 Å². The summed E-state index contributed by atoms with van der Waals surface area (Å²) in [6.45, 7) is 2.98. The zero-order valence-electron chi connectivity index (χ0n) is 9.33. The number of halogens is 2. The molecule has 2 nitrogen and oxygen atoms in total. The van der Waals surface area contributed by atoms with Crippen LogP contribution in [0.5, 0.6) is 0 Å². The van der Waals surface area contributed by atoms with Gasteiger partial charge in [0, 0.05) is 6.04 Å². The molecule has 0 spiro atoms. The van der Waals surface area contributed by atoms with Crippen LogP contribution in [0.2, 0.25) is 0 Å². The fourth-order valence-corrected chi connectivity index (χ4v) is 2.87. The summed E-state index contributed by atoms with van der Waals surface area (Å²) < 4.78 is 25.5. The van der Waals surface area contributed by atoms with Crippen molar-refractivity contribution < 1.29 is 8.78 Å². The van der Waals surface area contributed by atoms with Crippen LogP contribution in [0.4, 0.5) is 8.78 Å². The van der Waals surface area contributed by atoms with Crippen molar-refractivity contribution in [1.82, 2.24) is 9.80 Å². The number of likely N-dealkylation sites (tertiary alicyclic amines) is 2. The topological polar surface area (TPSA) is 6.48 Å². The molecule has 0 saturated carbocycles. The van der Waals surface area contributed by atoms with E-state index in [2.05, 4.69) is 16.8 Å². The van der Waals surface area contributed by atoms with Crippen LogP contribution in [-0.2, 0) is 0 Å². The second-order valence-electron chi connectivity index (χ2n) is 4.82. The largest absolute Gasteiger partial charge is 0.306 e. The van der Waals surface area contributed by atoms with E-state index in [1.54, 1.807) is 0 Å². The molecule has 0 bridgehead atoms. The molecule has 0 aromatic rings. The molecule has 88 valence electrons. The van der Waals surface area contributed by atoms with Crippen molar-refractivity contribution in [1.29, 1.82) is 0 Å². The van der Waals surface area contributed by atoms with Crippen molar-refractivity contribution in [3.63, 3.8) is 0 Å². The Morgan fingerprint density at radius 2 is 1.73 bits per heavy atom. The summed E-state index contributed by atoms with van der Waals surface area (Å²) in [5, 5.41) is 0. The van der Waals surface area contributed by atoms with Crippen molar-refractivity contribution >= 4 is 0 Å². The minimum absolute atomic E-state index is 0.405. The Bertz CT molecular complexity index is 203. The number of rotatable bonds is 2. The maximum Gasteiger partial charge on any atom is 0.253 e. The van der Waals surface area contributed by atoms with Crippen LogP contribution >= 0.6 is 0 Å². The van der Waals surface area contributed by atoms with Gasteiger partial charge < -0.3 is 4.90 Å². The predicted octanol–water partition coefficient (Wildman–Crippen LogP) is 1.81. The summed E-state index contributed by atoms with van der Waals surface area (Å²) >= 11 is 0. The van der Waals surface area contributed by atoms with E-state index in [1.807, 2.05) is 0 Å². The number of alkyl halides is 2. The Kier molecular flexibility index (Phi) is 3.57. The van der Waals surface area contributed by atoms with Crippen LogP contribution < -0.4 is 0 Å². The van der Waals surface area contributed by atoms with Gasteiger partial charge in [0.15, 0.2) is 0 Å². The van der Waals surface area contributed by atoms with Crippen LogP contribution in [0.3, 0.4) is 0 Å². The minimum atomic E-state index is -2.16. The van der Waals surface area contributed by atoms with Gasteiger partial charge in [-0.05, 0) is 52.4 Å². The first-order valence-electron chi connectivity index (χ1n) is 5.91. The molecule has 0 aromatic carbocycles. The van der Waals surface area contributed by atoms with E-state index in [0.29, 0.717) is 12.5 Å². The van der Waals surface area contributed by atoms with Crippen molar-refractivity contribution in [3.05, 3.63) is 0 Å². The van der Waals surface area contributed by atoms with E-state index in [-0.39, 0.29) is 0 Å². The average Bonchev–Trinajstić information content (AvgIpc) is 2.67. The van der Waals surface area contributed by atoms with Gasteiger partial charge in [-0.1, -0.05) is 0 Å². The predicted molar refractivity (Wildman–Crippen MR) is 56.3 cm³/mol. The van der Waals surface area contributed by atoms with Crippen LogP contribution in [0.15, 0.2) is 0 Å². The highest BCUT2D eigenvalue weighted by Gasteiger charge is 2.36. The summed E-state index contributed by atoms with van der Waals surface area (Å²) in [7, 11) is 2.10. The van der Waals surface area contributed by atoms with Crippen molar-refractivity contribution in [2.75, 3.05) is 26.7 Å². The Hall–Kier alpha value is -0.220. The van der Waals surface area contributed by atoms with Gasteiger partial charge in [-0.2, -0.15) is 0 Å². The first kappa shape index (κ1) is 11.3. The molecule has 0 radical (unpaired) electrons. The van der Waals surface area contributed by atoms with E-state index in [4.69, 9.17) is 0 Å². The van der Waals surface area contributed by atoms with Gasteiger partial charge in [0.2, 0.25) is 0 Å². The SMILES string of the molecule is CN1CCC(N2CCC[C@H]2C(F)F)CC1. The maximum absolute atomic E-state index is 12.8. The molecular weight excluding hydrogens is 198 g/mol. The van der Waals surface area contributed by atoms with Crippen molar-refractivity contribution in [2.24, 2.45) is 0 Å². The van der Waals surface area contributed by atoms with Gasteiger partial charge in [-0.3, -0.25) is 4.90 Å². The molecule has 2 rings (SSSR count). The smallest absolute Gasteiger partial charge is 0.253 e. The molecule has 2 heterocycles. The number of hydrogen-bond acceptors (Lipinski definition) is 2. The minimum Gasteiger partial charge on any atom is -0.306 e. The number of piperidine rings is 1. The summed E-state index contributed by atoms with van der Waals surface area (Å²) in [6.07, 6.45) is 1.58. The molecule has 4 heteroatoms. The molecule has 2 saturated heterocycles. The molecule has 0 amide bonds. The lowest BCUT2D eigenvalue weighted by molar-refractivity contribution is 0.0125. The Morgan fingerprint density at radius 3 is 2.33 bits per heavy atom. The third kappa shape index (κ3) is 2.48. The third-order valence-corrected chi connectivity index (χ3v) is 3.79. The van der Waals surface area contributed by atoms with Crippen LogP contribution in [-0.4, -0.2) is 55.0 Å². The molecule has 15 heavy (non-hydrogen) atoms. The lowest BCUT2D eigenvalue weighted by Crippen LogP contribution is -2.47. The quantitative estimate of drug-likeness (QED) is 0.697. The first-order valence-corrected chi connectivity index (χ1v) is 5.91. The van der Waals surface area contributed by atoms with Gasteiger partial charge in [-0.15, -0.1) is 0 Å². The third-order valence-electron chi connectivity index (χ3n) is 3.79. The van der Waals surface area contributed by atoms with E-state index >= 15 is 0 Å². The average molecular weight is 218 g/mol. The van der Waals surface area contributed by atoms with E-state index in [0.717, 1.165) is 38.9 Å². The lowest BCUT2D eigenvalue weighted by Gasteiger charge is -2.37. The molecule has 0 aromatic heterocycles. The van der Waals surface area contributed by atoms with Gasteiger partial charge in [-0.25, -0.2) is 8.78 Å². The normalized spacial score (nSPS) is 31.6. The summed E-state index contributed by atoms with van der Waals surface area (Å²) in [4.78, 5) is 4.35. The van der Waals surface area contributed by atoms with E-state index in [1.165, 1.54) is 0 Å². The van der Waals surface area contributed by atoms with Gasteiger partial charge in [0.05, 0.1) is 6.04 Å². The monoisotopic (exact) mass is 218 g/mol. The van der Waals surface area contributed by atoms with Crippen molar-refractivity contribution in [3.8, 4) is 0 Å². The molecule has 0 unspecified atom stereocenters. The second kappa shape index (κ2) is 4.74. The fraction of sp³-hybridized carbons (Fsp3) is 1.00. The van der Waals surface area contributed by atoms with Gasteiger partial charge in [0.25, 0.3) is 6.43 Å². The molecular formula is C11H20F2N2. The highest BCUT2D eigenvalue weighted by molar-refractivity contribution is 4.88. The fourth-order valence-electron chi connectivity index (χ4n) is 2.87. The van der Waals surface area contributed by atoms with Crippen LogP contribution in [0.25, 0.3) is 0 Å². The second-order valence-corrected chi connectivity index (χ2v) is 4.82. The van der Waals surface area contributed by atoms with Crippen LogP contribution in [0.1, 0.15) is 25.7 Å². The summed E-state index contributed by atoms with van der Waals surface area (Å²) in [6, 6.07) is -0.0545. The Balaban J connectivity index is 1.92. The van der Waals surface area contributed by atoms with Crippen molar-refractivity contribution in [2.45, 2.75) is 44.2 Å². The summed E-state index contributed by atoms with van der Waals surface area (Å²) in [5.41, 5.74) is 0. The number of nitrogens with zero attached hydrogens (tertiary/aromatic N) is 2. The molecule has 0 aliphatic carbocycles. The molecule has 2 fully saturated rings. The number of hydrogen-bond donors (Lipinski definition) is 0. The molecule has 0 N–H and O–H groups in total. The van der Waals surface area contributed by atoms with E-state index in [9.17, 15) is 8.78 Å². The lowest BCUT2D eigenvalue weighted by atomic mass is 10.0. The highest BCUT2D eigenvalue weighted by atomic mass is 19.3. The van der Waals surface area contributed by atoms with Gasteiger partial charge in [0.1, 0.15) is 0 Å². The maximum atomic E-state index is 12.8. The standard InChI is InChI=1S/C11H20F2N2/c1-14-7-4-9(5-8-14)15-6-2-3-10(15)11(12)13/h9-11H,2-8H2,1H3/t10-/m0/s1. The zero-order chi connectivity index (χ0) is 10.8. The Morgan fingerprint density at radius 1 is 1.07 bits per heavy atom. The first-order chi connectivity index (χ1) is 7.18. The molecule has 2 aliphatic rings. The Labute approximate surface area is 90.2 Å². The molecule has 1 atom stereocenters. The summed E-state index contributed by atoms with van der Waals surface area (Å²) in [5.74, 6) is 0. The van der Waals surface area contributed by atoms with Gasteiger partial charge >= 0.3 is 0 Å². The van der Waals surface area contributed by atoms with Crippen LogP contribution in [0, 0.1) is 0 Å². The zero-order valence-corrected chi connectivity index (χ0v) is 9.33.